The SMILES string of the molecule is CC(C)[C@H]1CC[C@H](C)C[C@@H]1OC(=O)CN1C(=O)c2ccc([N+](=O)[O-])cc2C1=O. The van der Waals surface area contributed by atoms with Crippen molar-refractivity contribution in [2.75, 3.05) is 6.54 Å². The minimum absolute atomic E-state index is 0.0571. The minimum Gasteiger partial charge on any atom is -0.461 e. The number of non-ortho nitro benzene ring substituents is 1. The summed E-state index contributed by atoms with van der Waals surface area (Å²) in [5, 5.41) is 10.9. The second-order valence-corrected chi connectivity index (χ2v) is 8.04. The third-order valence-electron chi connectivity index (χ3n) is 5.70. The summed E-state index contributed by atoms with van der Waals surface area (Å²) in [6.07, 6.45) is 2.61. The van der Waals surface area contributed by atoms with Crippen LogP contribution in [0.5, 0.6) is 0 Å². The molecule has 8 heteroatoms. The van der Waals surface area contributed by atoms with Gasteiger partial charge in [0.25, 0.3) is 17.5 Å². The molecule has 1 aromatic rings. The number of nitrogens with zero attached hydrogens (tertiary/aromatic N) is 2. The molecule has 1 heterocycles. The fraction of sp³-hybridized carbons (Fsp3) is 0.550. The predicted octanol–water partition coefficient (Wildman–Crippen LogP) is 3.19. The second kappa shape index (κ2) is 7.69. The Morgan fingerprint density at radius 1 is 1.25 bits per heavy atom. The summed E-state index contributed by atoms with van der Waals surface area (Å²) in [4.78, 5) is 48.5. The lowest BCUT2D eigenvalue weighted by Crippen LogP contribution is -2.40. The molecule has 0 unspecified atom stereocenters. The number of esters is 1. The molecule has 3 atom stereocenters. The maximum atomic E-state index is 12.5. The number of amides is 2. The van der Waals surface area contributed by atoms with Crippen molar-refractivity contribution in [2.24, 2.45) is 17.8 Å². The van der Waals surface area contributed by atoms with E-state index in [0.29, 0.717) is 11.8 Å². The van der Waals surface area contributed by atoms with Crippen molar-refractivity contribution in [3.8, 4) is 0 Å². The van der Waals surface area contributed by atoms with E-state index in [2.05, 4.69) is 20.8 Å². The first-order valence-electron chi connectivity index (χ1n) is 9.53. The number of hydrogen-bond acceptors (Lipinski definition) is 6. The van der Waals surface area contributed by atoms with Crippen LogP contribution in [0.15, 0.2) is 18.2 Å². The van der Waals surface area contributed by atoms with Crippen LogP contribution in [0.1, 0.15) is 60.7 Å². The number of imide groups is 1. The summed E-state index contributed by atoms with van der Waals surface area (Å²) in [5.74, 6) is -0.904. The molecule has 0 spiro atoms. The molecule has 0 bridgehead atoms. The Morgan fingerprint density at radius 2 is 1.93 bits per heavy atom. The summed E-state index contributed by atoms with van der Waals surface area (Å²) >= 11 is 0. The third-order valence-corrected chi connectivity index (χ3v) is 5.70. The second-order valence-electron chi connectivity index (χ2n) is 8.04. The first-order chi connectivity index (χ1) is 13.2. The Morgan fingerprint density at radius 3 is 2.57 bits per heavy atom. The Hall–Kier alpha value is -2.77. The smallest absolute Gasteiger partial charge is 0.326 e. The topological polar surface area (TPSA) is 107 Å². The van der Waals surface area contributed by atoms with E-state index in [1.807, 2.05) is 0 Å². The van der Waals surface area contributed by atoms with Gasteiger partial charge in [-0.3, -0.25) is 29.4 Å². The number of rotatable bonds is 5. The van der Waals surface area contributed by atoms with Crippen molar-refractivity contribution in [1.29, 1.82) is 0 Å². The van der Waals surface area contributed by atoms with Crippen molar-refractivity contribution in [3.63, 3.8) is 0 Å². The van der Waals surface area contributed by atoms with Gasteiger partial charge in [-0.25, -0.2) is 0 Å². The maximum Gasteiger partial charge on any atom is 0.326 e. The molecule has 2 amide bonds. The number of ether oxygens (including phenoxy) is 1. The number of carbonyl (C=O) groups excluding carboxylic acids is 3. The fourth-order valence-corrected chi connectivity index (χ4v) is 4.12. The van der Waals surface area contributed by atoms with Gasteiger partial charge in [0.15, 0.2) is 0 Å². The Labute approximate surface area is 163 Å². The molecule has 0 N–H and O–H groups in total. The highest BCUT2D eigenvalue weighted by Crippen LogP contribution is 2.35. The van der Waals surface area contributed by atoms with Crippen LogP contribution in [0.3, 0.4) is 0 Å². The number of benzene rings is 1. The number of hydrogen-bond donors (Lipinski definition) is 0. The quantitative estimate of drug-likeness (QED) is 0.332. The van der Waals surface area contributed by atoms with E-state index in [-0.39, 0.29) is 28.8 Å². The highest BCUT2D eigenvalue weighted by molar-refractivity contribution is 6.22. The number of carbonyl (C=O) groups is 3. The van der Waals surface area contributed by atoms with Gasteiger partial charge >= 0.3 is 5.97 Å². The first-order valence-corrected chi connectivity index (χ1v) is 9.53. The van der Waals surface area contributed by atoms with E-state index in [0.717, 1.165) is 30.2 Å². The van der Waals surface area contributed by atoms with Crippen LogP contribution in [0.2, 0.25) is 0 Å². The van der Waals surface area contributed by atoms with Gasteiger partial charge in [-0.05, 0) is 36.7 Å². The summed E-state index contributed by atoms with van der Waals surface area (Å²) in [5.41, 5.74) is -0.270. The fourth-order valence-electron chi connectivity index (χ4n) is 4.12. The van der Waals surface area contributed by atoms with Crippen LogP contribution in [0.4, 0.5) is 5.69 Å². The zero-order valence-corrected chi connectivity index (χ0v) is 16.2. The molecule has 150 valence electrons. The van der Waals surface area contributed by atoms with Gasteiger partial charge in [-0.1, -0.05) is 27.2 Å². The summed E-state index contributed by atoms with van der Waals surface area (Å²) in [6.45, 7) is 5.82. The molecule has 1 fully saturated rings. The zero-order valence-electron chi connectivity index (χ0n) is 16.2. The molecule has 1 aromatic carbocycles. The lowest BCUT2D eigenvalue weighted by molar-refractivity contribution is -0.384. The Balaban J connectivity index is 1.71. The van der Waals surface area contributed by atoms with E-state index in [4.69, 9.17) is 4.74 Å². The molecule has 0 radical (unpaired) electrons. The highest BCUT2D eigenvalue weighted by atomic mass is 16.6. The van der Waals surface area contributed by atoms with Gasteiger partial charge in [0.05, 0.1) is 16.1 Å². The van der Waals surface area contributed by atoms with Crippen molar-refractivity contribution >= 4 is 23.5 Å². The summed E-state index contributed by atoms with van der Waals surface area (Å²) in [7, 11) is 0. The number of nitro benzene ring substituents is 1. The van der Waals surface area contributed by atoms with Crippen LogP contribution in [-0.2, 0) is 9.53 Å². The molecule has 1 saturated carbocycles. The van der Waals surface area contributed by atoms with Gasteiger partial charge in [-0.2, -0.15) is 0 Å². The Kier molecular flexibility index (Phi) is 5.49. The molecule has 0 saturated heterocycles. The predicted molar refractivity (Wildman–Crippen MR) is 99.7 cm³/mol. The van der Waals surface area contributed by atoms with Crippen LogP contribution in [0, 0.1) is 27.9 Å². The van der Waals surface area contributed by atoms with Crippen LogP contribution in [0.25, 0.3) is 0 Å². The van der Waals surface area contributed by atoms with Crippen LogP contribution in [-0.4, -0.2) is 40.3 Å². The molecule has 28 heavy (non-hydrogen) atoms. The van der Waals surface area contributed by atoms with E-state index in [9.17, 15) is 24.5 Å². The summed E-state index contributed by atoms with van der Waals surface area (Å²) in [6, 6.07) is 3.48. The van der Waals surface area contributed by atoms with Gasteiger partial charge in [0.1, 0.15) is 12.6 Å². The van der Waals surface area contributed by atoms with E-state index < -0.39 is 29.3 Å². The highest BCUT2D eigenvalue weighted by Gasteiger charge is 2.39. The third kappa shape index (κ3) is 3.76. The Bertz CT molecular complexity index is 834. The van der Waals surface area contributed by atoms with Crippen molar-refractivity contribution in [2.45, 2.75) is 46.1 Å². The monoisotopic (exact) mass is 388 g/mol. The molecule has 3 rings (SSSR count). The van der Waals surface area contributed by atoms with E-state index in [1.165, 1.54) is 12.1 Å². The molecule has 0 aromatic heterocycles. The number of fused-ring (bicyclic) bond motifs is 1. The number of nitro groups is 1. The van der Waals surface area contributed by atoms with Gasteiger partial charge in [-0.15, -0.1) is 0 Å². The molecular weight excluding hydrogens is 364 g/mol. The van der Waals surface area contributed by atoms with E-state index in [1.54, 1.807) is 0 Å². The van der Waals surface area contributed by atoms with Crippen molar-refractivity contribution < 1.29 is 24.0 Å². The van der Waals surface area contributed by atoms with Crippen LogP contribution >= 0.6 is 0 Å². The van der Waals surface area contributed by atoms with E-state index >= 15 is 0 Å². The molecule has 1 aliphatic heterocycles. The zero-order chi connectivity index (χ0) is 20.6. The lowest BCUT2D eigenvalue weighted by atomic mass is 9.75. The lowest BCUT2D eigenvalue weighted by Gasteiger charge is -2.36. The standard InChI is InChI=1S/C20H24N2O6/c1-11(2)14-6-4-12(3)8-17(14)28-18(23)10-21-19(24)15-7-5-13(22(26)27)9-16(15)20(21)25/h5,7,9,11-12,14,17H,4,6,8,10H2,1-3H3/t12-,14+,17-/m0/s1. The average molecular weight is 388 g/mol. The largest absolute Gasteiger partial charge is 0.461 e. The summed E-state index contributed by atoms with van der Waals surface area (Å²) < 4.78 is 5.66. The minimum atomic E-state index is -0.710. The average Bonchev–Trinajstić information content (AvgIpc) is 2.86. The van der Waals surface area contributed by atoms with Gasteiger partial charge in [0.2, 0.25) is 0 Å². The molecule has 1 aliphatic carbocycles. The molecule has 8 nitrogen and oxygen atoms in total. The van der Waals surface area contributed by atoms with Gasteiger partial charge in [0, 0.05) is 12.1 Å². The van der Waals surface area contributed by atoms with Crippen LogP contribution < -0.4 is 0 Å². The molecular formula is C20H24N2O6. The van der Waals surface area contributed by atoms with Gasteiger partial charge < -0.3 is 4.74 Å². The first kappa shape index (κ1) is 20.0. The van der Waals surface area contributed by atoms with Crippen molar-refractivity contribution in [3.05, 3.63) is 39.4 Å². The maximum absolute atomic E-state index is 12.5. The normalized spacial score (nSPS) is 24.4. The van der Waals surface area contributed by atoms with Crippen molar-refractivity contribution in [1.82, 2.24) is 4.90 Å². The molecule has 2 aliphatic rings.